The van der Waals surface area contributed by atoms with Crippen LogP contribution in [0.5, 0.6) is 5.75 Å². The van der Waals surface area contributed by atoms with Gasteiger partial charge in [-0.2, -0.15) is 0 Å². The van der Waals surface area contributed by atoms with Gasteiger partial charge in [0.1, 0.15) is 6.61 Å². The molecule has 0 spiro atoms. The number of ether oxygens (including phenoxy) is 1. The lowest BCUT2D eigenvalue weighted by Gasteiger charge is -2.11. The van der Waals surface area contributed by atoms with Crippen molar-refractivity contribution in [2.24, 2.45) is 0 Å². The van der Waals surface area contributed by atoms with Gasteiger partial charge in [0.25, 0.3) is 11.1 Å². The van der Waals surface area contributed by atoms with Crippen LogP contribution in [0.4, 0.5) is 4.79 Å². The zero-order valence-electron chi connectivity index (χ0n) is 13.2. The summed E-state index contributed by atoms with van der Waals surface area (Å²) >= 11 is 13.4. The van der Waals surface area contributed by atoms with Gasteiger partial charge in [-0.05, 0) is 41.1 Å². The minimum atomic E-state index is -0.341. The molecular weight excluding hydrogens is 381 g/mol. The van der Waals surface area contributed by atoms with Crippen molar-refractivity contribution in [3.05, 3.63) is 68.5 Å². The second kappa shape index (κ2) is 7.52. The first-order chi connectivity index (χ1) is 12.0. The van der Waals surface area contributed by atoms with Gasteiger partial charge in [0.15, 0.2) is 5.75 Å². The first-order valence-electron chi connectivity index (χ1n) is 7.33. The lowest BCUT2D eigenvalue weighted by molar-refractivity contribution is -0.121. The average Bonchev–Trinajstić information content (AvgIpc) is 2.82. The molecule has 1 saturated heterocycles. The minimum absolute atomic E-state index is 0.309. The van der Waals surface area contributed by atoms with Crippen LogP contribution in [-0.2, 0) is 11.4 Å². The molecule has 1 fully saturated rings. The van der Waals surface area contributed by atoms with E-state index in [1.807, 2.05) is 30.3 Å². The third-order valence-corrected chi connectivity index (χ3v) is 5.05. The summed E-state index contributed by atoms with van der Waals surface area (Å²) in [6.07, 6.45) is 1.59. The number of halogens is 2. The summed E-state index contributed by atoms with van der Waals surface area (Å²) in [4.78, 5) is 24.9. The minimum Gasteiger partial charge on any atom is -0.486 e. The van der Waals surface area contributed by atoms with Gasteiger partial charge in [-0.15, -0.1) is 0 Å². The molecule has 0 aliphatic carbocycles. The van der Waals surface area contributed by atoms with Crippen molar-refractivity contribution in [1.29, 1.82) is 0 Å². The number of carbonyl (C=O) groups excluding carboxylic acids is 2. The molecule has 0 unspecified atom stereocenters. The highest BCUT2D eigenvalue weighted by atomic mass is 35.5. The molecule has 0 N–H and O–H groups in total. The summed E-state index contributed by atoms with van der Waals surface area (Å²) < 4.78 is 5.71. The fourth-order valence-corrected chi connectivity index (χ4v) is 3.67. The number of carbonyl (C=O) groups is 2. The summed E-state index contributed by atoms with van der Waals surface area (Å²) in [6.45, 7) is 0.342. The van der Waals surface area contributed by atoms with Crippen molar-refractivity contribution in [3.63, 3.8) is 0 Å². The topological polar surface area (TPSA) is 46.6 Å². The summed E-state index contributed by atoms with van der Waals surface area (Å²) in [5, 5.41) is 0.368. The molecule has 1 aliphatic heterocycles. The van der Waals surface area contributed by atoms with Crippen LogP contribution >= 0.6 is 35.0 Å². The van der Waals surface area contributed by atoms with Gasteiger partial charge in [0.2, 0.25) is 0 Å². The summed E-state index contributed by atoms with van der Waals surface area (Å²) in [5.41, 5.74) is 1.62. The Morgan fingerprint density at radius 1 is 1.12 bits per heavy atom. The van der Waals surface area contributed by atoms with E-state index in [4.69, 9.17) is 27.9 Å². The van der Waals surface area contributed by atoms with Crippen molar-refractivity contribution in [2.45, 2.75) is 6.61 Å². The molecule has 2 aromatic rings. The number of imide groups is 1. The van der Waals surface area contributed by atoms with E-state index in [1.54, 1.807) is 18.2 Å². The highest BCUT2D eigenvalue weighted by Gasteiger charge is 2.31. The van der Waals surface area contributed by atoms with E-state index >= 15 is 0 Å². The second-order valence-corrected chi connectivity index (χ2v) is 7.14. The van der Waals surface area contributed by atoms with Crippen LogP contribution in [0.15, 0.2) is 47.4 Å². The van der Waals surface area contributed by atoms with Crippen LogP contribution in [0.1, 0.15) is 11.1 Å². The normalized spacial score (nSPS) is 16.0. The molecule has 7 heteroatoms. The molecular formula is C18H13Cl2NO3S. The van der Waals surface area contributed by atoms with Crippen molar-refractivity contribution < 1.29 is 14.3 Å². The highest BCUT2D eigenvalue weighted by molar-refractivity contribution is 8.18. The maximum atomic E-state index is 11.9. The highest BCUT2D eigenvalue weighted by Crippen LogP contribution is 2.37. The lowest BCUT2D eigenvalue weighted by atomic mass is 10.2. The van der Waals surface area contributed by atoms with Crippen LogP contribution in [0.25, 0.3) is 6.08 Å². The van der Waals surface area contributed by atoms with Gasteiger partial charge < -0.3 is 4.74 Å². The van der Waals surface area contributed by atoms with Crippen LogP contribution in [0.3, 0.4) is 0 Å². The molecule has 0 aromatic heterocycles. The van der Waals surface area contributed by atoms with E-state index < -0.39 is 0 Å². The molecule has 25 heavy (non-hydrogen) atoms. The van der Waals surface area contributed by atoms with Gasteiger partial charge in [-0.3, -0.25) is 14.5 Å². The molecule has 2 amide bonds. The predicted molar refractivity (Wildman–Crippen MR) is 101 cm³/mol. The van der Waals surface area contributed by atoms with E-state index in [2.05, 4.69) is 0 Å². The zero-order chi connectivity index (χ0) is 18.0. The van der Waals surface area contributed by atoms with Crippen molar-refractivity contribution in [3.8, 4) is 5.75 Å². The number of rotatable bonds is 4. The van der Waals surface area contributed by atoms with E-state index in [0.29, 0.717) is 32.9 Å². The van der Waals surface area contributed by atoms with Crippen LogP contribution < -0.4 is 4.74 Å². The number of benzene rings is 2. The van der Waals surface area contributed by atoms with E-state index in [9.17, 15) is 9.59 Å². The monoisotopic (exact) mass is 393 g/mol. The molecule has 0 bridgehead atoms. The number of hydrogen-bond acceptors (Lipinski definition) is 4. The standard InChI is InChI=1S/C18H13Cl2NO3S/c1-21-17(22)15(25-18(21)23)9-12-7-13(19)16(14(20)8-12)24-10-11-5-3-2-4-6-11/h2-9H,10H2,1H3/b15-9-. The van der Waals surface area contributed by atoms with Crippen LogP contribution in [0.2, 0.25) is 10.0 Å². The lowest BCUT2D eigenvalue weighted by Crippen LogP contribution is -2.22. The van der Waals surface area contributed by atoms with Gasteiger partial charge in [0.05, 0.1) is 15.0 Å². The number of amides is 2. The maximum Gasteiger partial charge on any atom is 0.293 e. The third kappa shape index (κ3) is 4.00. The van der Waals surface area contributed by atoms with Crippen LogP contribution in [-0.4, -0.2) is 23.1 Å². The number of thioether (sulfide) groups is 1. The zero-order valence-corrected chi connectivity index (χ0v) is 15.5. The molecule has 2 aromatic carbocycles. The fourth-order valence-electron chi connectivity index (χ4n) is 2.23. The Kier molecular flexibility index (Phi) is 5.37. The van der Waals surface area contributed by atoms with Gasteiger partial charge >= 0.3 is 0 Å². The third-order valence-electron chi connectivity index (χ3n) is 3.53. The molecule has 4 nitrogen and oxygen atoms in total. The molecule has 128 valence electrons. The van der Waals surface area contributed by atoms with Crippen molar-refractivity contribution in [2.75, 3.05) is 7.05 Å². The molecule has 3 rings (SSSR count). The van der Waals surface area contributed by atoms with E-state index in [0.717, 1.165) is 22.2 Å². The number of hydrogen-bond donors (Lipinski definition) is 0. The van der Waals surface area contributed by atoms with E-state index in [1.165, 1.54) is 7.05 Å². The SMILES string of the molecule is CN1C(=O)S/C(=C\c2cc(Cl)c(OCc3ccccc3)c(Cl)c2)C1=O. The Bertz CT molecular complexity index is 845. The molecule has 0 saturated carbocycles. The quantitative estimate of drug-likeness (QED) is 0.666. The largest absolute Gasteiger partial charge is 0.486 e. The Morgan fingerprint density at radius 2 is 1.76 bits per heavy atom. The summed E-state index contributed by atoms with van der Waals surface area (Å²) in [6, 6.07) is 13.0. The average molecular weight is 394 g/mol. The smallest absolute Gasteiger partial charge is 0.293 e. The first-order valence-corrected chi connectivity index (χ1v) is 8.90. The summed E-state index contributed by atoms with van der Waals surface area (Å²) in [5.74, 6) is 0.0413. The second-order valence-electron chi connectivity index (χ2n) is 5.33. The predicted octanol–water partition coefficient (Wildman–Crippen LogP) is 5.24. The Morgan fingerprint density at radius 3 is 2.32 bits per heavy atom. The molecule has 0 radical (unpaired) electrons. The van der Waals surface area contributed by atoms with Gasteiger partial charge in [0, 0.05) is 7.05 Å². The van der Waals surface area contributed by atoms with Crippen LogP contribution in [0, 0.1) is 0 Å². The Balaban J connectivity index is 1.81. The Hall–Kier alpha value is -1.95. The number of likely N-dealkylation sites (N-methyl/N-ethyl adjacent to an activating group) is 1. The Labute approximate surface area is 159 Å². The van der Waals surface area contributed by atoms with Gasteiger partial charge in [-0.25, -0.2) is 0 Å². The summed E-state index contributed by atoms with van der Waals surface area (Å²) in [7, 11) is 1.44. The molecule has 1 aliphatic rings. The molecule has 0 atom stereocenters. The van der Waals surface area contributed by atoms with Crippen molar-refractivity contribution >= 4 is 52.2 Å². The van der Waals surface area contributed by atoms with Crippen molar-refractivity contribution in [1.82, 2.24) is 4.90 Å². The van der Waals surface area contributed by atoms with Gasteiger partial charge in [-0.1, -0.05) is 53.5 Å². The number of nitrogens with zero attached hydrogens (tertiary/aromatic N) is 1. The first kappa shape index (κ1) is 17.9. The fraction of sp³-hybridized carbons (Fsp3) is 0.111. The maximum absolute atomic E-state index is 11.9. The van der Waals surface area contributed by atoms with E-state index in [-0.39, 0.29) is 11.1 Å². The molecule has 1 heterocycles.